The van der Waals surface area contributed by atoms with Gasteiger partial charge in [-0.3, -0.25) is 14.9 Å². The van der Waals surface area contributed by atoms with Crippen molar-refractivity contribution in [3.05, 3.63) is 40.4 Å². The van der Waals surface area contributed by atoms with Crippen molar-refractivity contribution in [2.45, 2.75) is 51.0 Å². The zero-order valence-electron chi connectivity index (χ0n) is 15.6. The van der Waals surface area contributed by atoms with Gasteiger partial charge in [0.05, 0.1) is 12.1 Å². The Bertz CT molecular complexity index is 833. The highest BCUT2D eigenvalue weighted by Crippen LogP contribution is 2.35. The maximum absolute atomic E-state index is 13.1. The fraction of sp³-hybridized carbons (Fsp3) is 0.450. The van der Waals surface area contributed by atoms with Gasteiger partial charge in [-0.05, 0) is 43.5 Å². The first-order valence-corrected chi connectivity index (χ1v) is 10.5. The number of anilines is 1. The third kappa shape index (κ3) is 5.45. The van der Waals surface area contributed by atoms with Gasteiger partial charge in [0.2, 0.25) is 0 Å². The zero-order valence-corrected chi connectivity index (χ0v) is 17.2. The van der Waals surface area contributed by atoms with Gasteiger partial charge in [-0.1, -0.05) is 37.3 Å². The largest absolute Gasteiger partial charge is 0.481 e. The molecule has 1 fully saturated rings. The molecule has 1 saturated carbocycles. The van der Waals surface area contributed by atoms with Crippen molar-refractivity contribution in [2.75, 3.05) is 5.32 Å². The second-order valence-corrected chi connectivity index (χ2v) is 8.60. The van der Waals surface area contributed by atoms with Crippen molar-refractivity contribution >= 4 is 39.9 Å². The number of carboxylic acid groups (broad SMARTS) is 1. The maximum atomic E-state index is 13.1. The number of hydrogen-bond acceptors (Lipinski definition) is 5. The average molecular weight is 423 g/mol. The van der Waals surface area contributed by atoms with Gasteiger partial charge in [-0.2, -0.15) is 0 Å². The number of aromatic nitrogens is 1. The van der Waals surface area contributed by atoms with E-state index in [4.69, 9.17) is 21.4 Å². The van der Waals surface area contributed by atoms with Crippen LogP contribution in [-0.2, 0) is 16.0 Å². The normalized spacial score (nSPS) is 16.5. The van der Waals surface area contributed by atoms with E-state index < -0.39 is 11.6 Å². The number of thiazole rings is 1. The predicted octanol–water partition coefficient (Wildman–Crippen LogP) is 4.78. The molecule has 1 unspecified atom stereocenters. The lowest BCUT2D eigenvalue weighted by atomic mass is 9.89. The molecule has 2 N–H and O–H groups in total. The second kappa shape index (κ2) is 8.92. The van der Waals surface area contributed by atoms with Crippen LogP contribution in [0, 0.1) is 5.92 Å². The third-order valence-electron chi connectivity index (χ3n) is 4.89. The highest BCUT2D eigenvalue weighted by atomic mass is 35.5. The Morgan fingerprint density at radius 2 is 2.00 bits per heavy atom. The zero-order chi connectivity index (χ0) is 20.1. The van der Waals surface area contributed by atoms with Crippen LogP contribution in [0.15, 0.2) is 29.6 Å². The molecule has 1 aliphatic carbocycles. The van der Waals surface area contributed by atoms with Gasteiger partial charge in [0.1, 0.15) is 5.75 Å². The van der Waals surface area contributed by atoms with E-state index in [1.54, 1.807) is 36.6 Å². The Morgan fingerprint density at radius 1 is 1.32 bits per heavy atom. The number of aliphatic carboxylic acids is 1. The van der Waals surface area contributed by atoms with E-state index in [1.165, 1.54) is 24.2 Å². The predicted molar refractivity (Wildman–Crippen MR) is 109 cm³/mol. The average Bonchev–Trinajstić information content (AvgIpc) is 3.28. The van der Waals surface area contributed by atoms with Crippen molar-refractivity contribution in [2.24, 2.45) is 5.92 Å². The minimum atomic E-state index is -1.07. The minimum absolute atomic E-state index is 0.174. The van der Waals surface area contributed by atoms with Crippen LogP contribution in [0.25, 0.3) is 0 Å². The summed E-state index contributed by atoms with van der Waals surface area (Å²) in [5.74, 6) is -0.237. The molecule has 0 bridgehead atoms. The summed E-state index contributed by atoms with van der Waals surface area (Å²) in [7, 11) is 0. The number of nitrogens with zero attached hydrogens (tertiary/aromatic N) is 1. The SMILES string of the molecule is CC(CC1CCCC1)(Oc1ccc(Cl)cc1)C(=O)Nc1nc(CC(=O)O)cs1. The molecule has 0 aliphatic heterocycles. The molecular formula is C20H23ClN2O4S. The molecule has 0 spiro atoms. The first-order chi connectivity index (χ1) is 13.3. The second-order valence-electron chi connectivity index (χ2n) is 7.31. The van der Waals surface area contributed by atoms with E-state index in [-0.39, 0.29) is 12.3 Å². The van der Waals surface area contributed by atoms with Gasteiger partial charge < -0.3 is 9.84 Å². The summed E-state index contributed by atoms with van der Waals surface area (Å²) in [5.41, 5.74) is -0.648. The van der Waals surface area contributed by atoms with Crippen LogP contribution < -0.4 is 10.1 Å². The molecule has 1 aromatic carbocycles. The molecule has 0 saturated heterocycles. The summed E-state index contributed by atoms with van der Waals surface area (Å²) in [6, 6.07) is 6.95. The number of nitrogens with one attached hydrogen (secondary N) is 1. The monoisotopic (exact) mass is 422 g/mol. The van der Waals surface area contributed by atoms with Gasteiger partial charge in [-0.15, -0.1) is 11.3 Å². The Balaban J connectivity index is 1.76. The number of amides is 1. The van der Waals surface area contributed by atoms with Gasteiger partial charge in [0.25, 0.3) is 5.91 Å². The molecule has 1 aliphatic rings. The molecule has 28 heavy (non-hydrogen) atoms. The van der Waals surface area contributed by atoms with Crippen LogP contribution in [0.2, 0.25) is 5.02 Å². The van der Waals surface area contributed by atoms with Crippen LogP contribution in [0.4, 0.5) is 5.13 Å². The molecular weight excluding hydrogens is 400 g/mol. The van der Waals surface area contributed by atoms with Gasteiger partial charge in [-0.25, -0.2) is 4.98 Å². The smallest absolute Gasteiger partial charge is 0.309 e. The molecule has 2 aromatic rings. The molecule has 3 rings (SSSR count). The Labute approximate surface area is 172 Å². The van der Waals surface area contributed by atoms with Crippen LogP contribution in [0.1, 0.15) is 44.7 Å². The number of carbonyl (C=O) groups excluding carboxylic acids is 1. The fourth-order valence-corrected chi connectivity index (χ4v) is 4.37. The number of carbonyl (C=O) groups is 2. The summed E-state index contributed by atoms with van der Waals surface area (Å²) in [6.07, 6.45) is 4.96. The molecule has 1 aromatic heterocycles. The molecule has 1 amide bonds. The molecule has 1 atom stereocenters. The fourth-order valence-electron chi connectivity index (χ4n) is 3.54. The molecule has 0 radical (unpaired) electrons. The first kappa shape index (κ1) is 20.6. The lowest BCUT2D eigenvalue weighted by Crippen LogP contribution is -2.46. The van der Waals surface area contributed by atoms with E-state index >= 15 is 0 Å². The van der Waals surface area contributed by atoms with E-state index in [2.05, 4.69) is 10.3 Å². The number of halogens is 1. The van der Waals surface area contributed by atoms with Crippen LogP contribution >= 0.6 is 22.9 Å². The highest BCUT2D eigenvalue weighted by molar-refractivity contribution is 7.13. The van der Waals surface area contributed by atoms with E-state index in [0.29, 0.717) is 33.9 Å². The Hall–Kier alpha value is -2.12. The third-order valence-corrected chi connectivity index (χ3v) is 5.95. The molecule has 8 heteroatoms. The Kier molecular flexibility index (Phi) is 6.57. The Morgan fingerprint density at radius 3 is 2.64 bits per heavy atom. The van der Waals surface area contributed by atoms with E-state index in [1.807, 2.05) is 0 Å². The lowest BCUT2D eigenvalue weighted by Gasteiger charge is -2.31. The van der Waals surface area contributed by atoms with Crippen molar-refractivity contribution in [3.63, 3.8) is 0 Å². The highest BCUT2D eigenvalue weighted by Gasteiger charge is 2.39. The van der Waals surface area contributed by atoms with Crippen LogP contribution in [-0.4, -0.2) is 27.6 Å². The van der Waals surface area contributed by atoms with Crippen molar-refractivity contribution < 1.29 is 19.4 Å². The summed E-state index contributed by atoms with van der Waals surface area (Å²) < 4.78 is 6.14. The molecule has 6 nitrogen and oxygen atoms in total. The van der Waals surface area contributed by atoms with Gasteiger partial charge in [0.15, 0.2) is 10.7 Å². The summed E-state index contributed by atoms with van der Waals surface area (Å²) in [4.78, 5) is 28.1. The minimum Gasteiger partial charge on any atom is -0.481 e. The van der Waals surface area contributed by atoms with Crippen molar-refractivity contribution in [1.29, 1.82) is 0 Å². The van der Waals surface area contributed by atoms with Crippen LogP contribution in [0.3, 0.4) is 0 Å². The number of benzene rings is 1. The quantitative estimate of drug-likeness (QED) is 0.639. The number of hydrogen-bond donors (Lipinski definition) is 2. The van der Waals surface area contributed by atoms with Crippen LogP contribution in [0.5, 0.6) is 5.75 Å². The number of ether oxygens (including phenoxy) is 1. The van der Waals surface area contributed by atoms with Crippen molar-refractivity contribution in [3.8, 4) is 5.75 Å². The van der Waals surface area contributed by atoms with Gasteiger partial charge >= 0.3 is 5.97 Å². The first-order valence-electron chi connectivity index (χ1n) is 9.26. The van der Waals surface area contributed by atoms with Gasteiger partial charge in [0, 0.05) is 10.4 Å². The molecule has 1 heterocycles. The number of rotatable bonds is 8. The maximum Gasteiger partial charge on any atom is 0.309 e. The standard InChI is InChI=1S/C20H23ClN2O4S/c1-20(11-13-4-2-3-5-13,27-16-8-6-14(21)7-9-16)18(26)23-19-22-15(12-28-19)10-17(24)25/h6-9,12-13H,2-5,10-11H2,1H3,(H,24,25)(H,22,23,26). The summed E-state index contributed by atoms with van der Waals surface area (Å²) in [6.45, 7) is 1.79. The molecule has 150 valence electrons. The lowest BCUT2D eigenvalue weighted by molar-refractivity contribution is -0.136. The van der Waals surface area contributed by atoms with Crippen molar-refractivity contribution in [1.82, 2.24) is 4.98 Å². The summed E-state index contributed by atoms with van der Waals surface area (Å²) in [5, 5.41) is 14.3. The summed E-state index contributed by atoms with van der Waals surface area (Å²) >= 11 is 7.15. The van der Waals surface area contributed by atoms with E-state index in [9.17, 15) is 9.59 Å². The number of carboxylic acids is 1. The van der Waals surface area contributed by atoms with E-state index in [0.717, 1.165) is 12.8 Å². The topological polar surface area (TPSA) is 88.5 Å².